The predicted octanol–water partition coefficient (Wildman–Crippen LogP) is 2.96. The van der Waals surface area contributed by atoms with Gasteiger partial charge < -0.3 is 15.2 Å². The van der Waals surface area contributed by atoms with E-state index >= 15 is 0 Å². The third-order valence-electron chi connectivity index (χ3n) is 3.66. The lowest BCUT2D eigenvalue weighted by Crippen LogP contribution is -2.36. The van der Waals surface area contributed by atoms with Crippen LogP contribution in [-0.2, 0) is 15.8 Å². The zero-order chi connectivity index (χ0) is 18.8. The van der Waals surface area contributed by atoms with E-state index in [1.54, 1.807) is 31.2 Å². The summed E-state index contributed by atoms with van der Waals surface area (Å²) in [5, 5.41) is 14.5. The summed E-state index contributed by atoms with van der Waals surface area (Å²) in [7, 11) is 0. The second kappa shape index (κ2) is 7.22. The molecule has 2 atom stereocenters. The predicted molar refractivity (Wildman–Crippen MR) is 84.4 cm³/mol. The normalized spacial score (nSPS) is 14.0. The SMILES string of the molecule is CC(C(=O)[O-])C(=O)[C@H](C)c1ccc(Nc2nc(C(F)(F)F)cs2)cc1. The summed E-state index contributed by atoms with van der Waals surface area (Å²) in [6.45, 7) is 2.85. The fourth-order valence-corrected chi connectivity index (χ4v) is 2.83. The Labute approximate surface area is 145 Å². The van der Waals surface area contributed by atoms with Crippen LogP contribution in [0.2, 0.25) is 0 Å². The number of nitrogens with one attached hydrogen (secondary N) is 1. The van der Waals surface area contributed by atoms with Crippen molar-refractivity contribution in [2.45, 2.75) is 25.9 Å². The number of rotatable bonds is 6. The molecule has 1 unspecified atom stereocenters. The van der Waals surface area contributed by atoms with E-state index in [-0.39, 0.29) is 5.13 Å². The summed E-state index contributed by atoms with van der Waals surface area (Å²) in [5.41, 5.74) is 0.130. The maximum Gasteiger partial charge on any atom is 0.434 e. The molecule has 9 heteroatoms. The van der Waals surface area contributed by atoms with E-state index in [1.807, 2.05) is 0 Å². The Morgan fingerprint density at radius 1 is 1.20 bits per heavy atom. The maximum atomic E-state index is 12.5. The van der Waals surface area contributed by atoms with E-state index < -0.39 is 35.5 Å². The molecule has 0 aliphatic rings. The summed E-state index contributed by atoms with van der Waals surface area (Å²) in [5.74, 6) is -3.77. The molecule has 2 aromatic rings. The number of nitrogens with zero attached hydrogens (tertiary/aromatic N) is 1. The van der Waals surface area contributed by atoms with Crippen molar-refractivity contribution >= 4 is 33.9 Å². The molecule has 1 N–H and O–H groups in total. The fourth-order valence-electron chi connectivity index (χ4n) is 2.10. The number of hydrogen-bond acceptors (Lipinski definition) is 6. The lowest BCUT2D eigenvalue weighted by Gasteiger charge is -2.17. The summed E-state index contributed by atoms with van der Waals surface area (Å²) < 4.78 is 37.6. The van der Waals surface area contributed by atoms with Gasteiger partial charge in [0.05, 0.1) is 11.9 Å². The molecule has 134 valence electrons. The Hall–Kier alpha value is -2.42. The molecule has 1 heterocycles. The van der Waals surface area contributed by atoms with Crippen LogP contribution in [0, 0.1) is 5.92 Å². The van der Waals surface area contributed by atoms with Crippen LogP contribution in [0.1, 0.15) is 31.0 Å². The van der Waals surface area contributed by atoms with E-state index in [9.17, 15) is 27.9 Å². The van der Waals surface area contributed by atoms with Crippen molar-refractivity contribution < 1.29 is 27.9 Å². The number of carboxylic acids is 1. The fraction of sp³-hybridized carbons (Fsp3) is 0.312. The smallest absolute Gasteiger partial charge is 0.434 e. The van der Waals surface area contributed by atoms with Crippen molar-refractivity contribution in [3.63, 3.8) is 0 Å². The van der Waals surface area contributed by atoms with Crippen LogP contribution in [0.3, 0.4) is 0 Å². The molecule has 0 aliphatic heterocycles. The number of carbonyl (C=O) groups excluding carboxylic acids is 2. The first-order valence-electron chi connectivity index (χ1n) is 7.24. The zero-order valence-corrected chi connectivity index (χ0v) is 14.1. The van der Waals surface area contributed by atoms with E-state index in [1.165, 1.54) is 6.92 Å². The number of aliphatic carboxylic acids is 1. The van der Waals surface area contributed by atoms with Crippen molar-refractivity contribution in [3.8, 4) is 0 Å². The van der Waals surface area contributed by atoms with E-state index in [2.05, 4.69) is 10.3 Å². The Balaban J connectivity index is 2.08. The number of benzene rings is 1. The number of carbonyl (C=O) groups is 2. The van der Waals surface area contributed by atoms with Gasteiger partial charge in [0.15, 0.2) is 10.8 Å². The minimum Gasteiger partial charge on any atom is -0.549 e. The van der Waals surface area contributed by atoms with Gasteiger partial charge in [-0.1, -0.05) is 26.0 Å². The van der Waals surface area contributed by atoms with Gasteiger partial charge in [0.1, 0.15) is 5.78 Å². The molecule has 0 amide bonds. The molecular formula is C16H14F3N2O3S-. The molecule has 1 aromatic carbocycles. The number of hydrogen-bond donors (Lipinski definition) is 1. The van der Waals surface area contributed by atoms with Gasteiger partial charge in [-0.15, -0.1) is 11.3 Å². The highest BCUT2D eigenvalue weighted by atomic mass is 32.1. The van der Waals surface area contributed by atoms with Crippen LogP contribution in [0.5, 0.6) is 0 Å². The summed E-state index contributed by atoms with van der Waals surface area (Å²) in [6, 6.07) is 6.37. The van der Waals surface area contributed by atoms with E-state index in [4.69, 9.17) is 0 Å². The number of Topliss-reactive ketones (excluding diaryl/α,β-unsaturated/α-hetero) is 1. The van der Waals surface area contributed by atoms with Crippen LogP contribution in [0.15, 0.2) is 29.6 Å². The minimum absolute atomic E-state index is 0.0924. The minimum atomic E-state index is -4.49. The number of aromatic nitrogens is 1. The van der Waals surface area contributed by atoms with Crippen LogP contribution >= 0.6 is 11.3 Å². The summed E-state index contributed by atoms with van der Waals surface area (Å²) in [6.07, 6.45) is -4.49. The van der Waals surface area contributed by atoms with Gasteiger partial charge >= 0.3 is 6.18 Å². The number of halogens is 3. The molecule has 2 rings (SSSR count). The van der Waals surface area contributed by atoms with Gasteiger partial charge in [0.2, 0.25) is 0 Å². The Morgan fingerprint density at radius 2 is 1.80 bits per heavy atom. The number of carboxylic acid groups (broad SMARTS) is 1. The number of thiazole rings is 1. The van der Waals surface area contributed by atoms with Gasteiger partial charge in [-0.05, 0) is 17.7 Å². The summed E-state index contributed by atoms with van der Waals surface area (Å²) >= 11 is 0.825. The topological polar surface area (TPSA) is 82.1 Å². The third-order valence-corrected chi connectivity index (χ3v) is 4.42. The average Bonchev–Trinajstić information content (AvgIpc) is 3.02. The van der Waals surface area contributed by atoms with Crippen LogP contribution < -0.4 is 10.4 Å². The van der Waals surface area contributed by atoms with Crippen LogP contribution in [0.4, 0.5) is 24.0 Å². The van der Waals surface area contributed by atoms with Gasteiger partial charge in [0, 0.05) is 17.0 Å². The van der Waals surface area contributed by atoms with Crippen molar-refractivity contribution in [2.24, 2.45) is 5.92 Å². The molecule has 0 aliphatic carbocycles. The highest BCUT2D eigenvalue weighted by molar-refractivity contribution is 7.13. The van der Waals surface area contributed by atoms with Crippen molar-refractivity contribution in [2.75, 3.05) is 5.32 Å². The first-order chi connectivity index (χ1) is 11.6. The molecule has 5 nitrogen and oxygen atoms in total. The monoisotopic (exact) mass is 371 g/mol. The Kier molecular flexibility index (Phi) is 5.46. The number of alkyl halides is 3. The standard InChI is InChI=1S/C16H15F3N2O3S/c1-8(13(22)9(2)14(23)24)10-3-5-11(6-4-10)20-15-21-12(7-25-15)16(17,18)19/h3-9H,1-2H3,(H,20,21)(H,23,24)/p-1/t8-,9?/m1/s1. The van der Waals surface area contributed by atoms with Gasteiger partial charge in [-0.2, -0.15) is 13.2 Å². The maximum absolute atomic E-state index is 12.5. The van der Waals surface area contributed by atoms with Crippen LogP contribution in [0.25, 0.3) is 0 Å². The number of ketones is 1. The molecule has 25 heavy (non-hydrogen) atoms. The molecule has 1 aromatic heterocycles. The first kappa shape index (κ1) is 18.9. The lowest BCUT2D eigenvalue weighted by molar-refractivity contribution is -0.309. The molecular weight excluding hydrogens is 357 g/mol. The van der Waals surface area contributed by atoms with Crippen molar-refractivity contribution in [1.29, 1.82) is 0 Å². The van der Waals surface area contributed by atoms with Crippen LogP contribution in [-0.4, -0.2) is 16.7 Å². The molecule has 0 spiro atoms. The Bertz CT molecular complexity index is 772. The van der Waals surface area contributed by atoms with Gasteiger partial charge in [-0.25, -0.2) is 4.98 Å². The average molecular weight is 371 g/mol. The first-order valence-corrected chi connectivity index (χ1v) is 8.12. The quantitative estimate of drug-likeness (QED) is 0.790. The zero-order valence-electron chi connectivity index (χ0n) is 13.3. The van der Waals surface area contributed by atoms with E-state index in [0.29, 0.717) is 11.3 Å². The molecule has 0 fully saturated rings. The largest absolute Gasteiger partial charge is 0.549 e. The van der Waals surface area contributed by atoms with Gasteiger partial charge in [0.25, 0.3) is 0 Å². The molecule has 0 saturated heterocycles. The molecule has 0 bridgehead atoms. The number of anilines is 2. The van der Waals surface area contributed by atoms with Crippen molar-refractivity contribution in [3.05, 3.63) is 40.9 Å². The molecule has 0 saturated carbocycles. The lowest BCUT2D eigenvalue weighted by atomic mass is 9.89. The summed E-state index contributed by atoms with van der Waals surface area (Å²) in [4.78, 5) is 26.2. The second-order valence-corrected chi connectivity index (χ2v) is 6.31. The second-order valence-electron chi connectivity index (χ2n) is 5.45. The highest BCUT2D eigenvalue weighted by Crippen LogP contribution is 2.32. The Morgan fingerprint density at radius 3 is 2.28 bits per heavy atom. The third kappa shape index (κ3) is 4.56. The van der Waals surface area contributed by atoms with E-state index in [0.717, 1.165) is 16.7 Å². The highest BCUT2D eigenvalue weighted by Gasteiger charge is 2.33. The molecule has 0 radical (unpaired) electrons. The van der Waals surface area contributed by atoms with Gasteiger partial charge in [-0.3, -0.25) is 4.79 Å². The van der Waals surface area contributed by atoms with Crippen molar-refractivity contribution in [1.82, 2.24) is 4.98 Å².